The lowest BCUT2D eigenvalue weighted by Gasteiger charge is -2.18. The number of nitrogens with one attached hydrogen (secondary N) is 1. The number of hydrogen-bond acceptors (Lipinski definition) is 4. The largest absolute Gasteiger partial charge is 0.308 e. The van der Waals surface area contributed by atoms with Crippen LogP contribution in [0.2, 0.25) is 0 Å². The molecular weight excluding hydrogens is 371 g/mol. The average molecular weight is 392 g/mol. The third-order valence-corrected chi connectivity index (χ3v) is 5.11. The molecule has 1 atom stereocenters. The molecule has 0 bridgehead atoms. The predicted octanol–water partition coefficient (Wildman–Crippen LogP) is 2.70. The number of halogens is 1. The van der Waals surface area contributed by atoms with Crippen molar-refractivity contribution in [1.29, 1.82) is 0 Å². The third kappa shape index (κ3) is 5.21. The van der Waals surface area contributed by atoms with Gasteiger partial charge in [-0.2, -0.15) is 4.72 Å². The van der Waals surface area contributed by atoms with Gasteiger partial charge in [0.05, 0.1) is 5.69 Å². The van der Waals surface area contributed by atoms with Crippen LogP contribution in [0, 0.1) is 5.82 Å². The van der Waals surface area contributed by atoms with Crippen molar-refractivity contribution in [3.8, 4) is 0 Å². The number of benzene rings is 1. The first-order valence-electron chi connectivity index (χ1n) is 8.28. The molecule has 1 aromatic carbocycles. The number of hydrogen-bond donors (Lipinski definition) is 1. The summed E-state index contributed by atoms with van der Waals surface area (Å²) in [5.74, 6) is -1.54. The van der Waals surface area contributed by atoms with Gasteiger partial charge in [0.25, 0.3) is 0 Å². The molecule has 1 saturated heterocycles. The highest BCUT2D eigenvalue weighted by Crippen LogP contribution is 2.26. The smallest absolute Gasteiger partial charge is 0.245 e. The van der Waals surface area contributed by atoms with Crippen LogP contribution in [0.1, 0.15) is 30.6 Å². The van der Waals surface area contributed by atoms with Gasteiger partial charge in [-0.15, -0.1) is 0 Å². The van der Waals surface area contributed by atoms with Crippen LogP contribution in [0.15, 0.2) is 54.0 Å². The number of amides is 1. The van der Waals surface area contributed by atoms with E-state index < -0.39 is 27.8 Å². The molecule has 144 valence electrons. The molecule has 1 heterocycles. The van der Waals surface area contributed by atoms with Gasteiger partial charge in [0.2, 0.25) is 15.9 Å². The van der Waals surface area contributed by atoms with Gasteiger partial charge < -0.3 is 4.90 Å². The summed E-state index contributed by atoms with van der Waals surface area (Å²) in [4.78, 5) is 25.0. The molecule has 0 aliphatic carbocycles. The fraction of sp³-hybridized carbons (Fsp3) is 0.263. The number of carbonyl (C=O) groups is 2. The zero-order valence-electron chi connectivity index (χ0n) is 15.1. The van der Waals surface area contributed by atoms with E-state index in [1.54, 1.807) is 19.1 Å². The summed E-state index contributed by atoms with van der Waals surface area (Å²) in [5.41, 5.74) is 0.713. The SMILES string of the molecule is C=C(/C=C/C)/C=C/S(=O)(=O)NC1CCN(c2ccc(C(C)=O)cc2F)C1=O. The number of carbonyl (C=O) groups excluding carboxylic acids is 2. The average Bonchev–Trinajstić information content (AvgIpc) is 2.93. The summed E-state index contributed by atoms with van der Waals surface area (Å²) in [5, 5.41) is 0.938. The number of anilines is 1. The topological polar surface area (TPSA) is 83.6 Å². The number of nitrogens with zero attached hydrogens (tertiary/aromatic N) is 1. The Hall–Kier alpha value is -2.58. The molecular formula is C19H21FN2O4S. The summed E-state index contributed by atoms with van der Waals surface area (Å²) in [6, 6.07) is 2.86. The van der Waals surface area contributed by atoms with E-state index in [0.717, 1.165) is 11.5 Å². The summed E-state index contributed by atoms with van der Waals surface area (Å²) in [6.45, 7) is 6.93. The van der Waals surface area contributed by atoms with Gasteiger partial charge in [0, 0.05) is 17.5 Å². The van der Waals surface area contributed by atoms with Gasteiger partial charge in [0.15, 0.2) is 5.78 Å². The van der Waals surface area contributed by atoms with E-state index in [1.807, 2.05) is 0 Å². The number of rotatable bonds is 7. The Balaban J connectivity index is 2.13. The molecule has 1 amide bonds. The molecule has 1 unspecified atom stereocenters. The molecule has 0 saturated carbocycles. The summed E-state index contributed by atoms with van der Waals surface area (Å²) < 4.78 is 40.8. The molecule has 0 aromatic heterocycles. The first-order valence-corrected chi connectivity index (χ1v) is 9.83. The molecule has 2 rings (SSSR count). The van der Waals surface area contributed by atoms with Crippen molar-refractivity contribution in [1.82, 2.24) is 4.72 Å². The lowest BCUT2D eigenvalue weighted by atomic mass is 10.1. The summed E-state index contributed by atoms with van der Waals surface area (Å²) >= 11 is 0. The normalized spacial score (nSPS) is 18.0. The van der Waals surface area contributed by atoms with Crippen molar-refractivity contribution < 1.29 is 22.4 Å². The van der Waals surface area contributed by atoms with Crippen LogP contribution in [0.5, 0.6) is 0 Å². The molecule has 1 aliphatic rings. The molecule has 0 spiro atoms. The minimum atomic E-state index is -3.86. The zero-order valence-corrected chi connectivity index (χ0v) is 15.9. The van der Waals surface area contributed by atoms with Crippen molar-refractivity contribution in [2.45, 2.75) is 26.3 Å². The van der Waals surface area contributed by atoms with Crippen molar-refractivity contribution in [3.63, 3.8) is 0 Å². The summed E-state index contributed by atoms with van der Waals surface area (Å²) in [7, 11) is -3.86. The Morgan fingerprint density at radius 1 is 1.37 bits per heavy atom. The number of sulfonamides is 1. The maximum Gasteiger partial charge on any atom is 0.245 e. The molecule has 1 aliphatic heterocycles. The van der Waals surface area contributed by atoms with E-state index in [9.17, 15) is 22.4 Å². The van der Waals surface area contributed by atoms with E-state index in [0.29, 0.717) is 5.57 Å². The quantitative estimate of drug-likeness (QED) is 0.571. The van der Waals surface area contributed by atoms with E-state index >= 15 is 0 Å². The Bertz CT molecular complexity index is 935. The number of allylic oxidation sites excluding steroid dienone is 4. The zero-order chi connectivity index (χ0) is 20.2. The van der Waals surface area contributed by atoms with E-state index in [4.69, 9.17) is 0 Å². The van der Waals surface area contributed by atoms with Crippen LogP contribution in [0.4, 0.5) is 10.1 Å². The van der Waals surface area contributed by atoms with Gasteiger partial charge >= 0.3 is 0 Å². The molecule has 27 heavy (non-hydrogen) atoms. The van der Waals surface area contributed by atoms with Gasteiger partial charge in [0.1, 0.15) is 11.9 Å². The highest BCUT2D eigenvalue weighted by atomic mass is 32.2. The van der Waals surface area contributed by atoms with E-state index in [1.165, 1.54) is 30.0 Å². The molecule has 8 heteroatoms. The number of Topliss-reactive ketones (excluding diaryl/α,β-unsaturated/α-hetero) is 1. The van der Waals surface area contributed by atoms with Crippen LogP contribution >= 0.6 is 0 Å². The first-order chi connectivity index (χ1) is 12.6. The maximum absolute atomic E-state index is 14.3. The van der Waals surface area contributed by atoms with Gasteiger partial charge in [-0.3, -0.25) is 9.59 Å². The summed E-state index contributed by atoms with van der Waals surface area (Å²) in [6.07, 6.45) is 4.88. The highest BCUT2D eigenvalue weighted by molar-refractivity contribution is 7.92. The highest BCUT2D eigenvalue weighted by Gasteiger charge is 2.35. The molecule has 1 fully saturated rings. The Morgan fingerprint density at radius 2 is 2.07 bits per heavy atom. The molecule has 1 aromatic rings. The van der Waals surface area contributed by atoms with Crippen molar-refractivity contribution in [2.75, 3.05) is 11.4 Å². The lowest BCUT2D eigenvalue weighted by molar-refractivity contribution is -0.118. The second-order valence-electron chi connectivity index (χ2n) is 6.09. The fourth-order valence-electron chi connectivity index (χ4n) is 2.66. The van der Waals surface area contributed by atoms with Crippen LogP contribution < -0.4 is 9.62 Å². The number of ketones is 1. The van der Waals surface area contributed by atoms with Crippen LogP contribution in [0.25, 0.3) is 0 Å². The molecule has 6 nitrogen and oxygen atoms in total. The Labute approximate surface area is 158 Å². The standard InChI is InChI=1S/C19H21FN2O4S/c1-4-5-13(2)9-11-27(25,26)21-17-8-10-22(19(17)24)18-7-6-15(14(3)23)12-16(18)20/h4-7,9,11-12,17,21H,2,8,10H2,1,3H3/b5-4+,11-9+. The first kappa shape index (κ1) is 20.7. The lowest BCUT2D eigenvalue weighted by Crippen LogP contribution is -2.40. The van der Waals surface area contributed by atoms with Crippen LogP contribution in [-0.2, 0) is 14.8 Å². The second-order valence-corrected chi connectivity index (χ2v) is 7.69. The predicted molar refractivity (Wildman–Crippen MR) is 102 cm³/mol. The third-order valence-electron chi connectivity index (χ3n) is 4.00. The van der Waals surface area contributed by atoms with Crippen molar-refractivity contribution in [3.05, 3.63) is 65.4 Å². The second kappa shape index (κ2) is 8.41. The van der Waals surface area contributed by atoms with Crippen LogP contribution in [-0.4, -0.2) is 32.7 Å². The van der Waals surface area contributed by atoms with E-state index in [-0.39, 0.29) is 30.0 Å². The minimum Gasteiger partial charge on any atom is -0.308 e. The minimum absolute atomic E-state index is 0.0173. The monoisotopic (exact) mass is 392 g/mol. The van der Waals surface area contributed by atoms with Crippen LogP contribution in [0.3, 0.4) is 0 Å². The Kier molecular flexibility index (Phi) is 6.45. The Morgan fingerprint density at radius 3 is 2.67 bits per heavy atom. The molecule has 1 N–H and O–H groups in total. The van der Waals surface area contributed by atoms with Gasteiger partial charge in [-0.05, 0) is 50.1 Å². The van der Waals surface area contributed by atoms with Crippen molar-refractivity contribution >= 4 is 27.4 Å². The molecule has 0 radical (unpaired) electrons. The van der Waals surface area contributed by atoms with Crippen molar-refractivity contribution in [2.24, 2.45) is 0 Å². The fourth-order valence-corrected chi connectivity index (χ4v) is 3.71. The van der Waals surface area contributed by atoms with E-state index in [2.05, 4.69) is 11.3 Å². The maximum atomic E-state index is 14.3. The van der Waals surface area contributed by atoms with Gasteiger partial charge in [-0.25, -0.2) is 12.8 Å². The van der Waals surface area contributed by atoms with Gasteiger partial charge in [-0.1, -0.05) is 18.7 Å².